The van der Waals surface area contributed by atoms with Crippen LogP contribution in [0.3, 0.4) is 0 Å². The lowest BCUT2D eigenvalue weighted by Crippen LogP contribution is -2.16. The molecule has 1 N–H and O–H groups in total. The van der Waals surface area contributed by atoms with E-state index in [1.165, 1.54) is 6.21 Å². The molecular formula is C25H19BrCl2N2O4. The third-order valence-corrected chi connectivity index (χ3v) is 6.10. The largest absolute Gasteiger partial charge is 0.494 e. The van der Waals surface area contributed by atoms with Gasteiger partial charge in [0.25, 0.3) is 0 Å². The van der Waals surface area contributed by atoms with Crippen molar-refractivity contribution in [2.45, 2.75) is 13.5 Å². The molecule has 0 aliphatic heterocycles. The van der Waals surface area contributed by atoms with Gasteiger partial charge in [-0.3, -0.25) is 4.79 Å². The molecule has 0 saturated carbocycles. The molecule has 0 aliphatic rings. The molecule has 9 heteroatoms. The summed E-state index contributed by atoms with van der Waals surface area (Å²) >= 11 is 15.5. The van der Waals surface area contributed by atoms with E-state index in [1.807, 2.05) is 31.2 Å². The third-order valence-electron chi connectivity index (χ3n) is 4.74. The molecule has 6 nitrogen and oxygen atoms in total. The van der Waals surface area contributed by atoms with Gasteiger partial charge in [-0.2, -0.15) is 5.10 Å². The number of furan rings is 1. The predicted octanol–water partition coefficient (Wildman–Crippen LogP) is 7.24. The first-order valence-corrected chi connectivity index (χ1v) is 11.8. The van der Waals surface area contributed by atoms with E-state index in [9.17, 15) is 4.79 Å². The first-order valence-electron chi connectivity index (χ1n) is 10.3. The van der Waals surface area contributed by atoms with Crippen LogP contribution < -0.4 is 14.9 Å². The van der Waals surface area contributed by atoms with Gasteiger partial charge in [0.1, 0.15) is 23.7 Å². The maximum absolute atomic E-state index is 12.4. The highest BCUT2D eigenvalue weighted by molar-refractivity contribution is 9.10. The zero-order valence-corrected chi connectivity index (χ0v) is 21.1. The van der Waals surface area contributed by atoms with Crippen LogP contribution in [0.2, 0.25) is 10.0 Å². The zero-order valence-electron chi connectivity index (χ0n) is 18.0. The molecule has 0 saturated heterocycles. The number of hydrazone groups is 1. The number of fused-ring (bicyclic) bond motifs is 1. The van der Waals surface area contributed by atoms with Gasteiger partial charge in [0.15, 0.2) is 5.76 Å². The second-order valence-electron chi connectivity index (χ2n) is 7.17. The molecule has 0 aliphatic carbocycles. The highest BCUT2D eigenvalue weighted by Crippen LogP contribution is 2.28. The van der Waals surface area contributed by atoms with E-state index in [0.29, 0.717) is 34.6 Å². The van der Waals surface area contributed by atoms with Crippen LogP contribution in [0.1, 0.15) is 28.6 Å². The number of hydrogen-bond acceptors (Lipinski definition) is 5. The Morgan fingerprint density at radius 1 is 1.06 bits per heavy atom. The van der Waals surface area contributed by atoms with Crippen molar-refractivity contribution in [2.75, 3.05) is 6.61 Å². The molecule has 34 heavy (non-hydrogen) atoms. The summed E-state index contributed by atoms with van der Waals surface area (Å²) in [6, 6.07) is 17.8. The highest BCUT2D eigenvalue weighted by Gasteiger charge is 2.12. The summed E-state index contributed by atoms with van der Waals surface area (Å²) in [6.07, 6.45) is 1.53. The number of carbonyl (C=O) groups is 1. The zero-order chi connectivity index (χ0) is 24.1. The number of halogens is 3. The predicted molar refractivity (Wildman–Crippen MR) is 137 cm³/mol. The number of carbonyl (C=O) groups excluding carboxylic acids is 1. The van der Waals surface area contributed by atoms with Gasteiger partial charge in [0, 0.05) is 5.39 Å². The summed E-state index contributed by atoms with van der Waals surface area (Å²) in [5.41, 5.74) is 4.73. The first kappa shape index (κ1) is 24.1. The maximum Gasteiger partial charge on any atom is 0.307 e. The number of hydrogen-bond donors (Lipinski definition) is 1. The molecule has 1 amide bonds. The van der Waals surface area contributed by atoms with E-state index >= 15 is 0 Å². The van der Waals surface area contributed by atoms with Crippen LogP contribution in [0, 0.1) is 0 Å². The van der Waals surface area contributed by atoms with Gasteiger partial charge < -0.3 is 13.9 Å². The van der Waals surface area contributed by atoms with E-state index in [-0.39, 0.29) is 5.76 Å². The molecule has 4 rings (SSSR count). The molecule has 0 radical (unpaired) electrons. The first-order chi connectivity index (χ1) is 16.4. The molecule has 0 atom stereocenters. The quantitative estimate of drug-likeness (QED) is 0.182. The number of benzene rings is 3. The Morgan fingerprint density at radius 3 is 2.68 bits per heavy atom. The number of rotatable bonds is 8. The van der Waals surface area contributed by atoms with Crippen molar-refractivity contribution in [2.24, 2.45) is 5.10 Å². The van der Waals surface area contributed by atoms with Crippen LogP contribution in [0.5, 0.6) is 11.5 Å². The molecule has 4 aromatic rings. The van der Waals surface area contributed by atoms with Crippen LogP contribution in [0.4, 0.5) is 0 Å². The van der Waals surface area contributed by atoms with Crippen molar-refractivity contribution in [3.8, 4) is 11.5 Å². The number of nitrogens with one attached hydrogen (secondary N) is 1. The summed E-state index contributed by atoms with van der Waals surface area (Å²) in [6.45, 7) is 2.81. The highest BCUT2D eigenvalue weighted by atomic mass is 79.9. The van der Waals surface area contributed by atoms with Gasteiger partial charge in [0.05, 0.1) is 27.3 Å². The Bertz CT molecular complexity index is 1370. The Hall–Kier alpha value is -3.00. The van der Waals surface area contributed by atoms with Crippen molar-refractivity contribution in [1.82, 2.24) is 5.43 Å². The molecule has 0 spiro atoms. The summed E-state index contributed by atoms with van der Waals surface area (Å²) in [7, 11) is 0. The average molecular weight is 562 g/mol. The van der Waals surface area contributed by atoms with E-state index < -0.39 is 5.91 Å². The smallest absolute Gasteiger partial charge is 0.307 e. The summed E-state index contributed by atoms with van der Waals surface area (Å²) in [4.78, 5) is 12.4. The molecule has 0 bridgehead atoms. The van der Waals surface area contributed by atoms with Crippen molar-refractivity contribution < 1.29 is 18.7 Å². The minimum atomic E-state index is -0.453. The summed E-state index contributed by atoms with van der Waals surface area (Å²) < 4.78 is 17.7. The van der Waals surface area contributed by atoms with E-state index in [4.69, 9.17) is 37.1 Å². The Morgan fingerprint density at radius 2 is 1.91 bits per heavy atom. The van der Waals surface area contributed by atoms with Crippen molar-refractivity contribution in [1.29, 1.82) is 0 Å². The number of ether oxygens (including phenoxy) is 2. The number of amides is 1. The molecule has 1 aromatic heterocycles. The van der Waals surface area contributed by atoms with Crippen LogP contribution in [0.25, 0.3) is 11.0 Å². The molecular weight excluding hydrogens is 543 g/mol. The second-order valence-corrected chi connectivity index (χ2v) is 8.84. The number of nitrogens with zero attached hydrogens (tertiary/aromatic N) is 1. The van der Waals surface area contributed by atoms with Crippen LogP contribution in [-0.4, -0.2) is 18.7 Å². The van der Waals surface area contributed by atoms with Crippen LogP contribution >= 0.6 is 39.1 Å². The van der Waals surface area contributed by atoms with Gasteiger partial charge >= 0.3 is 5.91 Å². The summed E-state index contributed by atoms with van der Waals surface area (Å²) in [5, 5.41) is 5.78. The van der Waals surface area contributed by atoms with Gasteiger partial charge in [-0.25, -0.2) is 5.43 Å². The molecule has 0 fully saturated rings. The lowest BCUT2D eigenvalue weighted by molar-refractivity contribution is 0.0929. The lowest BCUT2D eigenvalue weighted by Gasteiger charge is -2.09. The minimum absolute atomic E-state index is 0.160. The second kappa shape index (κ2) is 11.0. The maximum atomic E-state index is 12.4. The standard InChI is InChI=1S/C25H19BrCl2N2O4/c1-2-32-18-5-8-22-17(11-18)12-24(34-22)25(31)30-29-13-15-4-7-23(19(26)9-15)33-14-16-3-6-20(27)21(28)10-16/h3-13H,2,14H2,1H3,(H,30,31)/b29-13+. The van der Waals surface area contributed by atoms with E-state index in [1.54, 1.807) is 36.4 Å². The fourth-order valence-electron chi connectivity index (χ4n) is 3.12. The average Bonchev–Trinajstić information content (AvgIpc) is 3.24. The Balaban J connectivity index is 1.36. The Labute approximate surface area is 214 Å². The topological polar surface area (TPSA) is 73.1 Å². The monoisotopic (exact) mass is 560 g/mol. The van der Waals surface area contributed by atoms with Gasteiger partial charge in [-0.05, 0) is 88.6 Å². The fraction of sp³-hybridized carbons (Fsp3) is 0.120. The third kappa shape index (κ3) is 5.91. The molecule has 3 aromatic carbocycles. The van der Waals surface area contributed by atoms with Crippen molar-refractivity contribution in [3.63, 3.8) is 0 Å². The van der Waals surface area contributed by atoms with Crippen LogP contribution in [-0.2, 0) is 6.61 Å². The molecule has 174 valence electrons. The fourth-order valence-corrected chi connectivity index (χ4v) is 3.95. The van der Waals surface area contributed by atoms with Gasteiger partial charge in [0.2, 0.25) is 0 Å². The molecule has 1 heterocycles. The summed E-state index contributed by atoms with van der Waals surface area (Å²) in [5.74, 6) is 1.08. The Kier molecular flexibility index (Phi) is 7.77. The normalized spacial score (nSPS) is 11.2. The van der Waals surface area contributed by atoms with Gasteiger partial charge in [-0.15, -0.1) is 0 Å². The van der Waals surface area contributed by atoms with Crippen molar-refractivity contribution in [3.05, 3.63) is 92.1 Å². The van der Waals surface area contributed by atoms with E-state index in [2.05, 4.69) is 26.5 Å². The van der Waals surface area contributed by atoms with Crippen molar-refractivity contribution >= 4 is 62.2 Å². The molecule has 0 unspecified atom stereocenters. The lowest BCUT2D eigenvalue weighted by atomic mass is 10.2. The van der Waals surface area contributed by atoms with E-state index in [0.717, 1.165) is 26.7 Å². The minimum Gasteiger partial charge on any atom is -0.494 e. The van der Waals surface area contributed by atoms with Gasteiger partial charge in [-0.1, -0.05) is 29.3 Å². The SMILES string of the molecule is CCOc1ccc2oc(C(=O)N/N=C/c3ccc(OCc4ccc(Cl)c(Cl)c4)c(Br)c3)cc2c1. The van der Waals surface area contributed by atoms with Crippen LogP contribution in [0.15, 0.2) is 74.7 Å².